The van der Waals surface area contributed by atoms with Crippen LogP contribution in [0.3, 0.4) is 0 Å². The van der Waals surface area contributed by atoms with Gasteiger partial charge in [-0.15, -0.1) is 0 Å². The smallest absolute Gasteiger partial charge is 0.336 e. The van der Waals surface area contributed by atoms with Gasteiger partial charge in [0.15, 0.2) is 0 Å². The van der Waals surface area contributed by atoms with Gasteiger partial charge in [-0.2, -0.15) is 0 Å². The van der Waals surface area contributed by atoms with E-state index in [0.29, 0.717) is 5.39 Å². The number of hydrogen-bond acceptors (Lipinski definition) is 2. The van der Waals surface area contributed by atoms with Crippen LogP contribution in [-0.4, -0.2) is 0 Å². The van der Waals surface area contributed by atoms with Crippen molar-refractivity contribution in [1.29, 1.82) is 0 Å². The summed E-state index contributed by atoms with van der Waals surface area (Å²) in [4.78, 5) is 10.7. The fraction of sp³-hybridized carbons (Fsp3) is 0. The standard InChI is InChI=1S/C9H5FO2/c10-7-2-1-3-8-6(7)4-5-9(11)12-8/h1-5H. The Balaban J connectivity index is 2.96. The first-order valence-electron chi connectivity index (χ1n) is 3.46. The molecule has 2 nitrogen and oxygen atoms in total. The molecule has 0 aliphatic heterocycles. The number of benzene rings is 1. The second kappa shape index (κ2) is 2.44. The van der Waals surface area contributed by atoms with E-state index >= 15 is 0 Å². The van der Waals surface area contributed by atoms with Crippen LogP contribution in [0.4, 0.5) is 4.39 Å². The van der Waals surface area contributed by atoms with Gasteiger partial charge in [-0.3, -0.25) is 0 Å². The Morgan fingerprint density at radius 1 is 1.17 bits per heavy atom. The summed E-state index contributed by atoms with van der Waals surface area (Å²) in [5.41, 5.74) is -0.185. The zero-order chi connectivity index (χ0) is 8.55. The molecule has 2 aromatic rings. The highest BCUT2D eigenvalue weighted by Crippen LogP contribution is 2.14. The molecular weight excluding hydrogens is 159 g/mol. The highest BCUT2D eigenvalue weighted by atomic mass is 19.1. The zero-order valence-electron chi connectivity index (χ0n) is 6.08. The van der Waals surface area contributed by atoms with E-state index in [-0.39, 0.29) is 11.4 Å². The van der Waals surface area contributed by atoms with E-state index in [2.05, 4.69) is 0 Å². The van der Waals surface area contributed by atoms with E-state index in [0.717, 1.165) is 0 Å². The summed E-state index contributed by atoms with van der Waals surface area (Å²) in [6, 6.07) is 6.99. The van der Waals surface area contributed by atoms with Crippen molar-refractivity contribution >= 4 is 11.0 Å². The molecule has 0 aliphatic carbocycles. The third-order valence-corrected chi connectivity index (χ3v) is 1.61. The first kappa shape index (κ1) is 7.03. The molecule has 1 heterocycles. The Morgan fingerprint density at radius 2 is 2.00 bits per heavy atom. The van der Waals surface area contributed by atoms with E-state index in [1.165, 1.54) is 24.3 Å². The van der Waals surface area contributed by atoms with Crippen LogP contribution in [0.2, 0.25) is 0 Å². The Hall–Kier alpha value is -1.64. The van der Waals surface area contributed by atoms with E-state index in [1.54, 1.807) is 6.07 Å². The minimum Gasteiger partial charge on any atom is -0.423 e. The number of fused-ring (bicyclic) bond motifs is 1. The molecule has 3 heteroatoms. The molecule has 1 aromatic carbocycles. The molecule has 0 aliphatic rings. The van der Waals surface area contributed by atoms with Gasteiger partial charge in [0.1, 0.15) is 11.4 Å². The lowest BCUT2D eigenvalue weighted by molar-refractivity contribution is 0.556. The molecule has 60 valence electrons. The quantitative estimate of drug-likeness (QED) is 0.557. The first-order chi connectivity index (χ1) is 5.77. The molecule has 0 saturated carbocycles. The van der Waals surface area contributed by atoms with Crippen LogP contribution in [0.15, 0.2) is 39.5 Å². The lowest BCUT2D eigenvalue weighted by Gasteiger charge is -1.94. The summed E-state index contributed by atoms with van der Waals surface area (Å²) < 4.78 is 17.7. The Bertz CT molecular complexity index is 473. The molecule has 12 heavy (non-hydrogen) atoms. The van der Waals surface area contributed by atoms with Crippen molar-refractivity contribution in [2.75, 3.05) is 0 Å². The molecule has 0 unspecified atom stereocenters. The fourth-order valence-electron chi connectivity index (χ4n) is 1.06. The van der Waals surface area contributed by atoms with Gasteiger partial charge in [-0.25, -0.2) is 9.18 Å². The van der Waals surface area contributed by atoms with E-state index in [4.69, 9.17) is 4.42 Å². The summed E-state index contributed by atoms with van der Waals surface area (Å²) in [6.45, 7) is 0. The lowest BCUT2D eigenvalue weighted by Crippen LogP contribution is -1.94. The SMILES string of the molecule is O=c1ccc2c(F)cccc2o1. The third-order valence-electron chi connectivity index (χ3n) is 1.61. The van der Waals surface area contributed by atoms with Gasteiger partial charge >= 0.3 is 5.63 Å². The molecule has 1 aromatic heterocycles. The minimum atomic E-state index is -0.465. The van der Waals surface area contributed by atoms with Crippen LogP contribution in [0.5, 0.6) is 0 Å². The Labute approximate surface area is 67.2 Å². The molecule has 0 spiro atoms. The van der Waals surface area contributed by atoms with Gasteiger partial charge in [-0.05, 0) is 18.2 Å². The van der Waals surface area contributed by atoms with E-state index < -0.39 is 5.63 Å². The van der Waals surface area contributed by atoms with E-state index in [1.807, 2.05) is 0 Å². The van der Waals surface area contributed by atoms with Crippen LogP contribution in [-0.2, 0) is 0 Å². The molecule has 0 radical (unpaired) electrons. The maximum atomic E-state index is 13.0. The van der Waals surface area contributed by atoms with Gasteiger partial charge in [-0.1, -0.05) is 6.07 Å². The molecule has 0 amide bonds. The molecule has 0 fully saturated rings. The Morgan fingerprint density at radius 3 is 2.83 bits per heavy atom. The van der Waals surface area contributed by atoms with Gasteiger partial charge in [0, 0.05) is 6.07 Å². The van der Waals surface area contributed by atoms with Crippen molar-refractivity contribution < 1.29 is 8.81 Å². The van der Waals surface area contributed by atoms with Crippen LogP contribution in [0, 0.1) is 5.82 Å². The highest BCUT2D eigenvalue weighted by Gasteiger charge is 2.00. The minimum absolute atomic E-state index is 0.280. The molecular formula is C9H5FO2. The molecule has 0 atom stereocenters. The third kappa shape index (κ3) is 0.993. The summed E-state index contributed by atoms with van der Waals surface area (Å²) in [5, 5.41) is 0.331. The zero-order valence-corrected chi connectivity index (χ0v) is 6.08. The first-order valence-corrected chi connectivity index (χ1v) is 3.46. The van der Waals surface area contributed by atoms with Crippen LogP contribution < -0.4 is 5.63 Å². The topological polar surface area (TPSA) is 30.2 Å². The van der Waals surface area contributed by atoms with Crippen molar-refractivity contribution in [2.24, 2.45) is 0 Å². The predicted octanol–water partition coefficient (Wildman–Crippen LogP) is 1.93. The van der Waals surface area contributed by atoms with E-state index in [9.17, 15) is 9.18 Å². The molecule has 2 rings (SSSR count). The van der Waals surface area contributed by atoms with Crippen LogP contribution in [0.25, 0.3) is 11.0 Å². The fourth-order valence-corrected chi connectivity index (χ4v) is 1.06. The molecule has 0 N–H and O–H groups in total. The maximum Gasteiger partial charge on any atom is 0.336 e. The van der Waals surface area contributed by atoms with Crippen molar-refractivity contribution in [3.8, 4) is 0 Å². The summed E-state index contributed by atoms with van der Waals surface area (Å²) in [7, 11) is 0. The number of hydrogen-bond donors (Lipinski definition) is 0. The number of rotatable bonds is 0. The normalized spacial score (nSPS) is 10.4. The van der Waals surface area contributed by atoms with Gasteiger partial charge in [0.05, 0.1) is 5.39 Å². The van der Waals surface area contributed by atoms with Crippen LogP contribution in [0.1, 0.15) is 0 Å². The average molecular weight is 164 g/mol. The summed E-state index contributed by atoms with van der Waals surface area (Å²) in [5.74, 6) is -0.378. The van der Waals surface area contributed by atoms with Gasteiger partial charge < -0.3 is 4.42 Å². The summed E-state index contributed by atoms with van der Waals surface area (Å²) >= 11 is 0. The molecule has 0 bridgehead atoms. The largest absolute Gasteiger partial charge is 0.423 e. The summed E-state index contributed by atoms with van der Waals surface area (Å²) in [6.07, 6.45) is 0. The molecule has 0 saturated heterocycles. The van der Waals surface area contributed by atoms with Crippen molar-refractivity contribution in [2.45, 2.75) is 0 Å². The van der Waals surface area contributed by atoms with Crippen molar-refractivity contribution in [3.63, 3.8) is 0 Å². The van der Waals surface area contributed by atoms with Crippen LogP contribution >= 0.6 is 0 Å². The monoisotopic (exact) mass is 164 g/mol. The Kier molecular flexibility index (Phi) is 1.43. The van der Waals surface area contributed by atoms with Gasteiger partial charge in [0.2, 0.25) is 0 Å². The maximum absolute atomic E-state index is 13.0. The second-order valence-electron chi connectivity index (χ2n) is 2.41. The van der Waals surface area contributed by atoms with Crippen molar-refractivity contribution in [3.05, 3.63) is 46.6 Å². The predicted molar refractivity (Wildman–Crippen MR) is 42.4 cm³/mol. The lowest BCUT2D eigenvalue weighted by atomic mass is 10.2. The van der Waals surface area contributed by atoms with Gasteiger partial charge in [0.25, 0.3) is 0 Å². The second-order valence-corrected chi connectivity index (χ2v) is 2.41. The number of halogens is 1. The van der Waals surface area contributed by atoms with Crippen molar-refractivity contribution in [1.82, 2.24) is 0 Å². The highest BCUT2D eigenvalue weighted by molar-refractivity contribution is 5.76. The average Bonchev–Trinajstić information content (AvgIpc) is 2.04.